The molecular weight excluding hydrogens is 186 g/mol. The number of rotatable bonds is 6. The van der Waals surface area contributed by atoms with Gasteiger partial charge in [0, 0.05) is 14.6 Å². The highest BCUT2D eigenvalue weighted by Crippen LogP contribution is 2.35. The predicted octanol–water partition coefficient (Wildman–Crippen LogP) is 3.60. The van der Waals surface area contributed by atoms with Crippen molar-refractivity contribution in [2.75, 3.05) is 13.1 Å². The van der Waals surface area contributed by atoms with E-state index in [0.717, 1.165) is 12.5 Å². The summed E-state index contributed by atoms with van der Waals surface area (Å²) in [6, 6.07) is 1.42. The molecule has 0 rings (SSSR count). The van der Waals surface area contributed by atoms with Crippen LogP contribution in [0.4, 0.5) is 0 Å². The van der Waals surface area contributed by atoms with E-state index in [2.05, 4.69) is 52.7 Å². The second kappa shape index (κ2) is 5.31. The zero-order valence-electron chi connectivity index (χ0n) is 11.2. The quantitative estimate of drug-likeness (QED) is 0.668. The van der Waals surface area contributed by atoms with Gasteiger partial charge in [0.25, 0.3) is 0 Å². The predicted molar refractivity (Wildman–Crippen MR) is 69.6 cm³/mol. The Labute approximate surface area is 91.7 Å². The van der Waals surface area contributed by atoms with Crippen LogP contribution in [0.5, 0.6) is 0 Å². The monoisotopic (exact) mass is 215 g/mol. The molecule has 0 radical (unpaired) electrons. The van der Waals surface area contributed by atoms with Gasteiger partial charge in [-0.15, -0.1) is 0 Å². The van der Waals surface area contributed by atoms with Crippen LogP contribution >= 0.6 is 0 Å². The van der Waals surface area contributed by atoms with Crippen LogP contribution < -0.4 is 5.32 Å². The highest BCUT2D eigenvalue weighted by Gasteiger charge is 2.33. The lowest BCUT2D eigenvalue weighted by molar-refractivity contribution is 0.237. The number of hydrogen-bond donors (Lipinski definition) is 1. The van der Waals surface area contributed by atoms with Gasteiger partial charge in [0.05, 0.1) is 0 Å². The SMILES string of the molecule is CCNCC(C)(C[Si](C)(C)C)C(C)C. The van der Waals surface area contributed by atoms with E-state index in [9.17, 15) is 0 Å². The summed E-state index contributed by atoms with van der Waals surface area (Å²) in [6.07, 6.45) is 0. The number of hydrogen-bond acceptors (Lipinski definition) is 1. The Balaban J connectivity index is 4.39. The molecular formula is C12H29NSi. The van der Waals surface area contributed by atoms with Crippen LogP contribution in [0, 0.1) is 11.3 Å². The van der Waals surface area contributed by atoms with Crippen LogP contribution in [0.1, 0.15) is 27.7 Å². The van der Waals surface area contributed by atoms with E-state index < -0.39 is 8.07 Å². The van der Waals surface area contributed by atoms with Gasteiger partial charge in [-0.25, -0.2) is 0 Å². The maximum atomic E-state index is 3.51. The zero-order chi connectivity index (χ0) is 11.4. The summed E-state index contributed by atoms with van der Waals surface area (Å²) in [5.41, 5.74) is 0.487. The molecule has 2 heteroatoms. The van der Waals surface area contributed by atoms with Gasteiger partial charge < -0.3 is 5.32 Å². The first-order valence-electron chi connectivity index (χ1n) is 5.92. The second-order valence-corrected chi connectivity index (χ2v) is 11.8. The van der Waals surface area contributed by atoms with Crippen molar-refractivity contribution in [3.63, 3.8) is 0 Å². The maximum absolute atomic E-state index is 3.51. The third-order valence-electron chi connectivity index (χ3n) is 3.11. The first-order chi connectivity index (χ1) is 6.21. The summed E-state index contributed by atoms with van der Waals surface area (Å²) in [5, 5.41) is 3.51. The van der Waals surface area contributed by atoms with Crippen molar-refractivity contribution >= 4 is 8.07 Å². The van der Waals surface area contributed by atoms with Gasteiger partial charge in [0.1, 0.15) is 0 Å². The third-order valence-corrected chi connectivity index (χ3v) is 4.98. The van der Waals surface area contributed by atoms with Gasteiger partial charge in [0.2, 0.25) is 0 Å². The molecule has 0 bridgehead atoms. The minimum absolute atomic E-state index is 0.487. The zero-order valence-corrected chi connectivity index (χ0v) is 12.2. The summed E-state index contributed by atoms with van der Waals surface area (Å²) >= 11 is 0. The molecule has 0 saturated carbocycles. The van der Waals surface area contributed by atoms with Crippen molar-refractivity contribution in [3.05, 3.63) is 0 Å². The fourth-order valence-electron chi connectivity index (χ4n) is 2.09. The van der Waals surface area contributed by atoms with E-state index in [1.54, 1.807) is 0 Å². The minimum Gasteiger partial charge on any atom is -0.316 e. The Morgan fingerprint density at radius 2 is 1.71 bits per heavy atom. The van der Waals surface area contributed by atoms with Gasteiger partial charge in [-0.1, -0.05) is 53.4 Å². The van der Waals surface area contributed by atoms with Crippen molar-refractivity contribution in [2.24, 2.45) is 11.3 Å². The summed E-state index contributed by atoms with van der Waals surface area (Å²) in [7, 11) is -0.945. The molecule has 0 aliphatic heterocycles. The second-order valence-electron chi connectivity index (χ2n) is 6.33. The molecule has 0 fully saturated rings. The molecule has 14 heavy (non-hydrogen) atoms. The normalized spacial score (nSPS) is 17.1. The number of nitrogens with one attached hydrogen (secondary N) is 1. The molecule has 1 N–H and O–H groups in total. The fraction of sp³-hybridized carbons (Fsp3) is 1.00. The smallest absolute Gasteiger partial charge is 0.0448 e. The van der Waals surface area contributed by atoms with Gasteiger partial charge in [-0.3, -0.25) is 0 Å². The highest BCUT2D eigenvalue weighted by atomic mass is 28.3. The van der Waals surface area contributed by atoms with Crippen LogP contribution in [-0.2, 0) is 0 Å². The first kappa shape index (κ1) is 14.2. The van der Waals surface area contributed by atoms with E-state index >= 15 is 0 Å². The molecule has 1 unspecified atom stereocenters. The molecule has 0 aromatic rings. The fourth-order valence-corrected chi connectivity index (χ4v) is 5.05. The van der Waals surface area contributed by atoms with Crippen molar-refractivity contribution in [3.8, 4) is 0 Å². The Hall–Kier alpha value is 0.177. The molecule has 0 aliphatic rings. The summed E-state index contributed by atoms with van der Waals surface area (Å²) in [4.78, 5) is 0. The molecule has 0 saturated heterocycles. The molecule has 0 aromatic heterocycles. The van der Waals surface area contributed by atoms with E-state index in [1.807, 2.05) is 0 Å². The van der Waals surface area contributed by atoms with E-state index in [4.69, 9.17) is 0 Å². The van der Waals surface area contributed by atoms with Crippen LogP contribution in [0.15, 0.2) is 0 Å². The molecule has 0 aliphatic carbocycles. The third kappa shape index (κ3) is 5.16. The topological polar surface area (TPSA) is 12.0 Å². The maximum Gasteiger partial charge on any atom is 0.0448 e. The first-order valence-corrected chi connectivity index (χ1v) is 9.63. The van der Waals surface area contributed by atoms with Gasteiger partial charge in [-0.2, -0.15) is 0 Å². The van der Waals surface area contributed by atoms with Crippen LogP contribution in [0.3, 0.4) is 0 Å². The summed E-state index contributed by atoms with van der Waals surface area (Å²) in [6.45, 7) is 19.0. The van der Waals surface area contributed by atoms with Crippen molar-refractivity contribution in [1.82, 2.24) is 5.32 Å². The largest absolute Gasteiger partial charge is 0.316 e. The van der Waals surface area contributed by atoms with Gasteiger partial charge >= 0.3 is 0 Å². The Morgan fingerprint density at radius 1 is 1.21 bits per heavy atom. The lowest BCUT2D eigenvalue weighted by Gasteiger charge is -2.38. The van der Waals surface area contributed by atoms with Gasteiger partial charge in [0.15, 0.2) is 0 Å². The minimum atomic E-state index is -0.945. The van der Waals surface area contributed by atoms with E-state index in [1.165, 1.54) is 12.6 Å². The molecule has 86 valence electrons. The Kier molecular flexibility index (Phi) is 5.38. The summed E-state index contributed by atoms with van der Waals surface area (Å²) in [5.74, 6) is 0.772. The molecule has 1 nitrogen and oxygen atoms in total. The van der Waals surface area contributed by atoms with Crippen LogP contribution in [0.25, 0.3) is 0 Å². The molecule has 0 heterocycles. The van der Waals surface area contributed by atoms with Crippen LogP contribution in [-0.4, -0.2) is 21.2 Å². The van der Waals surface area contributed by atoms with Crippen LogP contribution in [0.2, 0.25) is 25.7 Å². The van der Waals surface area contributed by atoms with Gasteiger partial charge in [-0.05, 0) is 17.9 Å². The Morgan fingerprint density at radius 3 is 2.00 bits per heavy atom. The lowest BCUT2D eigenvalue weighted by atomic mass is 9.81. The standard InChI is InChI=1S/C12H29NSi/c1-8-13-9-12(4,11(2)3)10-14(5,6)7/h11,13H,8-10H2,1-7H3. The molecule has 0 amide bonds. The summed E-state index contributed by atoms with van der Waals surface area (Å²) < 4.78 is 0. The average molecular weight is 215 g/mol. The average Bonchev–Trinajstić information content (AvgIpc) is 1.97. The van der Waals surface area contributed by atoms with E-state index in [-0.39, 0.29) is 0 Å². The van der Waals surface area contributed by atoms with Crippen molar-refractivity contribution in [2.45, 2.75) is 53.4 Å². The lowest BCUT2D eigenvalue weighted by Crippen LogP contribution is -2.41. The molecule has 0 aromatic carbocycles. The molecule has 0 spiro atoms. The Bertz CT molecular complexity index is 160. The highest BCUT2D eigenvalue weighted by molar-refractivity contribution is 6.76. The van der Waals surface area contributed by atoms with E-state index in [0.29, 0.717) is 5.41 Å². The molecule has 1 atom stereocenters. The van der Waals surface area contributed by atoms with Crippen molar-refractivity contribution < 1.29 is 0 Å². The van der Waals surface area contributed by atoms with Crippen molar-refractivity contribution in [1.29, 1.82) is 0 Å².